The second-order valence-corrected chi connectivity index (χ2v) is 8.75. The number of carboxylic acid groups (broad SMARTS) is 2. The Balaban J connectivity index is 1.73. The van der Waals surface area contributed by atoms with E-state index in [9.17, 15) is 19.5 Å². The number of carbonyl (C=O) groups is 3. The van der Waals surface area contributed by atoms with Gasteiger partial charge in [-0.15, -0.1) is 0 Å². The van der Waals surface area contributed by atoms with Gasteiger partial charge in [-0.3, -0.25) is 4.79 Å². The highest BCUT2D eigenvalue weighted by Gasteiger charge is 2.24. The van der Waals surface area contributed by atoms with Crippen molar-refractivity contribution in [1.82, 2.24) is 10.2 Å². The normalized spacial score (nSPS) is 11.9. The molecular formula is C27H30N2O5. The quantitative estimate of drug-likeness (QED) is 0.407. The van der Waals surface area contributed by atoms with Crippen molar-refractivity contribution in [3.8, 4) is 11.1 Å². The second kappa shape index (κ2) is 11.3. The molecule has 34 heavy (non-hydrogen) atoms. The summed E-state index contributed by atoms with van der Waals surface area (Å²) >= 11 is 0. The van der Waals surface area contributed by atoms with Crippen LogP contribution in [0.15, 0.2) is 66.7 Å². The maximum atomic E-state index is 12.7. The Morgan fingerprint density at radius 2 is 1.59 bits per heavy atom. The topological polar surface area (TPSA) is 107 Å². The number of aliphatic carboxylic acids is 2. The molecule has 0 aliphatic rings. The van der Waals surface area contributed by atoms with Crippen molar-refractivity contribution in [2.24, 2.45) is 5.92 Å². The number of hydrogen-bond donors (Lipinski definition) is 3. The minimum Gasteiger partial charge on any atom is -0.481 e. The van der Waals surface area contributed by atoms with E-state index in [1.807, 2.05) is 56.3 Å². The highest BCUT2D eigenvalue weighted by Crippen LogP contribution is 2.28. The van der Waals surface area contributed by atoms with Crippen LogP contribution in [-0.4, -0.2) is 52.2 Å². The van der Waals surface area contributed by atoms with Gasteiger partial charge in [0.05, 0.1) is 6.42 Å². The summed E-state index contributed by atoms with van der Waals surface area (Å²) in [4.78, 5) is 36.9. The fraction of sp³-hybridized carbons (Fsp3) is 0.296. The average molecular weight is 463 g/mol. The van der Waals surface area contributed by atoms with Crippen LogP contribution in [0.4, 0.5) is 4.79 Å². The van der Waals surface area contributed by atoms with E-state index in [-0.39, 0.29) is 25.3 Å². The van der Waals surface area contributed by atoms with Crippen LogP contribution in [0.25, 0.3) is 21.9 Å². The van der Waals surface area contributed by atoms with Gasteiger partial charge in [0.25, 0.3) is 0 Å². The molecule has 7 heteroatoms. The van der Waals surface area contributed by atoms with Crippen molar-refractivity contribution in [3.05, 3.63) is 72.3 Å². The Morgan fingerprint density at radius 1 is 0.912 bits per heavy atom. The molecule has 0 fully saturated rings. The Labute approximate surface area is 199 Å². The number of nitrogens with one attached hydrogen (secondary N) is 1. The van der Waals surface area contributed by atoms with Gasteiger partial charge in [0.1, 0.15) is 6.04 Å². The second-order valence-electron chi connectivity index (χ2n) is 8.75. The first kappa shape index (κ1) is 24.8. The van der Waals surface area contributed by atoms with Gasteiger partial charge in [-0.05, 0) is 33.4 Å². The standard InChI is InChI=1S/C27H30N2O5/c1-18(2)17-29(15-14-25(30)31)27(34)28-24(26(32)33)16-19-10-12-21(13-11-19)23-9-5-7-20-6-3-4-8-22(20)23/h3-13,18,24H,14-17H2,1-2H3,(H,28,34)(H,30,31)(H,32,33)/t24-/m0/s1. The van der Waals surface area contributed by atoms with Crippen molar-refractivity contribution in [2.45, 2.75) is 32.7 Å². The molecule has 0 unspecified atom stereocenters. The molecule has 2 amide bonds. The lowest BCUT2D eigenvalue weighted by Crippen LogP contribution is -2.50. The van der Waals surface area contributed by atoms with E-state index < -0.39 is 24.0 Å². The van der Waals surface area contributed by atoms with Gasteiger partial charge in [0.2, 0.25) is 0 Å². The van der Waals surface area contributed by atoms with Crippen LogP contribution in [-0.2, 0) is 16.0 Å². The average Bonchev–Trinajstić information content (AvgIpc) is 2.81. The Hall–Kier alpha value is -3.87. The summed E-state index contributed by atoms with van der Waals surface area (Å²) in [6.45, 7) is 4.18. The fourth-order valence-electron chi connectivity index (χ4n) is 3.92. The lowest BCUT2D eigenvalue weighted by atomic mass is 9.96. The molecule has 0 heterocycles. The van der Waals surface area contributed by atoms with Crippen molar-refractivity contribution < 1.29 is 24.6 Å². The Morgan fingerprint density at radius 3 is 2.24 bits per heavy atom. The van der Waals surface area contributed by atoms with E-state index >= 15 is 0 Å². The summed E-state index contributed by atoms with van der Waals surface area (Å²) in [5.74, 6) is -2.04. The summed E-state index contributed by atoms with van der Waals surface area (Å²) in [5, 5.41) is 23.5. The zero-order valence-electron chi connectivity index (χ0n) is 19.4. The first-order valence-corrected chi connectivity index (χ1v) is 11.3. The molecule has 3 aromatic rings. The molecule has 3 aromatic carbocycles. The molecule has 0 saturated carbocycles. The van der Waals surface area contributed by atoms with Crippen molar-refractivity contribution in [3.63, 3.8) is 0 Å². The van der Waals surface area contributed by atoms with Gasteiger partial charge in [-0.1, -0.05) is 80.6 Å². The van der Waals surface area contributed by atoms with Gasteiger partial charge < -0.3 is 20.4 Å². The molecule has 0 bridgehead atoms. The zero-order chi connectivity index (χ0) is 24.7. The van der Waals surface area contributed by atoms with Crippen LogP contribution in [0.2, 0.25) is 0 Å². The number of nitrogens with zero attached hydrogens (tertiary/aromatic N) is 1. The summed E-state index contributed by atoms with van der Waals surface area (Å²) in [5.41, 5.74) is 2.89. The number of carbonyl (C=O) groups excluding carboxylic acids is 1. The lowest BCUT2D eigenvalue weighted by Gasteiger charge is -2.26. The highest BCUT2D eigenvalue weighted by atomic mass is 16.4. The number of amides is 2. The van der Waals surface area contributed by atoms with Crippen molar-refractivity contribution in [1.29, 1.82) is 0 Å². The maximum absolute atomic E-state index is 12.7. The maximum Gasteiger partial charge on any atom is 0.326 e. The molecule has 0 radical (unpaired) electrons. The highest BCUT2D eigenvalue weighted by molar-refractivity contribution is 5.96. The lowest BCUT2D eigenvalue weighted by molar-refractivity contribution is -0.139. The first-order valence-electron chi connectivity index (χ1n) is 11.3. The summed E-state index contributed by atoms with van der Waals surface area (Å²) < 4.78 is 0. The molecule has 0 spiro atoms. The van der Waals surface area contributed by atoms with Crippen LogP contribution in [0.1, 0.15) is 25.8 Å². The number of carboxylic acids is 2. The van der Waals surface area contributed by atoms with Crippen LogP contribution < -0.4 is 5.32 Å². The largest absolute Gasteiger partial charge is 0.481 e. The minimum atomic E-state index is -1.14. The SMILES string of the molecule is CC(C)CN(CCC(=O)O)C(=O)N[C@@H](Cc1ccc(-c2cccc3ccccc23)cc1)C(=O)O. The third-order valence-corrected chi connectivity index (χ3v) is 5.56. The Kier molecular flexibility index (Phi) is 8.24. The minimum absolute atomic E-state index is 0.0193. The monoisotopic (exact) mass is 462 g/mol. The number of urea groups is 1. The summed E-state index contributed by atoms with van der Waals surface area (Å²) in [6, 6.07) is 20.2. The number of fused-ring (bicyclic) bond motifs is 1. The molecular weight excluding hydrogens is 432 g/mol. The van der Waals surface area contributed by atoms with Crippen LogP contribution in [0.5, 0.6) is 0 Å². The van der Waals surface area contributed by atoms with Crippen LogP contribution in [0.3, 0.4) is 0 Å². The van der Waals surface area contributed by atoms with E-state index in [0.29, 0.717) is 6.54 Å². The van der Waals surface area contributed by atoms with Crippen molar-refractivity contribution >= 4 is 28.7 Å². The Bertz CT molecular complexity index is 1150. The van der Waals surface area contributed by atoms with Crippen molar-refractivity contribution in [2.75, 3.05) is 13.1 Å². The van der Waals surface area contributed by atoms with Gasteiger partial charge >= 0.3 is 18.0 Å². The number of benzene rings is 3. The predicted octanol–water partition coefficient (Wildman–Crippen LogP) is 4.64. The predicted molar refractivity (Wildman–Crippen MR) is 132 cm³/mol. The summed E-state index contributed by atoms with van der Waals surface area (Å²) in [6.07, 6.45) is -0.0845. The number of rotatable bonds is 10. The molecule has 3 N–H and O–H groups in total. The van der Waals surface area contributed by atoms with Gasteiger partial charge in [0, 0.05) is 19.5 Å². The fourth-order valence-corrected chi connectivity index (χ4v) is 3.92. The van der Waals surface area contributed by atoms with Crippen LogP contribution in [0, 0.1) is 5.92 Å². The molecule has 0 saturated heterocycles. The molecule has 7 nitrogen and oxygen atoms in total. The van der Waals surface area contributed by atoms with E-state index in [1.54, 1.807) is 0 Å². The van der Waals surface area contributed by atoms with Gasteiger partial charge in [-0.2, -0.15) is 0 Å². The summed E-state index contributed by atoms with van der Waals surface area (Å²) in [7, 11) is 0. The molecule has 0 aromatic heterocycles. The van der Waals surface area contributed by atoms with Gasteiger partial charge in [-0.25, -0.2) is 9.59 Å². The molecule has 1 atom stereocenters. The van der Waals surface area contributed by atoms with Gasteiger partial charge in [0.15, 0.2) is 0 Å². The van der Waals surface area contributed by atoms with E-state index in [1.165, 1.54) is 4.90 Å². The number of hydrogen-bond acceptors (Lipinski definition) is 3. The van der Waals surface area contributed by atoms with E-state index in [4.69, 9.17) is 5.11 Å². The molecule has 178 valence electrons. The zero-order valence-corrected chi connectivity index (χ0v) is 19.4. The van der Waals surface area contributed by atoms with E-state index in [2.05, 4.69) is 29.6 Å². The first-order chi connectivity index (χ1) is 16.2. The molecule has 0 aliphatic carbocycles. The van der Waals surface area contributed by atoms with Crippen LogP contribution >= 0.6 is 0 Å². The smallest absolute Gasteiger partial charge is 0.326 e. The molecule has 3 rings (SSSR count). The van der Waals surface area contributed by atoms with E-state index in [0.717, 1.165) is 27.5 Å². The molecule has 0 aliphatic heterocycles. The third-order valence-electron chi connectivity index (χ3n) is 5.56. The third kappa shape index (κ3) is 6.57.